The van der Waals surface area contributed by atoms with Gasteiger partial charge in [0, 0.05) is 17.8 Å². The molecule has 3 rings (SSSR count). The number of rotatable bonds is 3. The van der Waals surface area contributed by atoms with E-state index in [0.29, 0.717) is 17.4 Å². The molecule has 0 unspecified atom stereocenters. The number of anilines is 3. The number of aryl methyl sites for hydroxylation is 1. The van der Waals surface area contributed by atoms with E-state index in [2.05, 4.69) is 20.6 Å². The van der Waals surface area contributed by atoms with Crippen molar-refractivity contribution in [2.75, 3.05) is 17.4 Å². The van der Waals surface area contributed by atoms with Crippen molar-refractivity contribution in [3.05, 3.63) is 30.1 Å². The van der Waals surface area contributed by atoms with Gasteiger partial charge in [0.05, 0.1) is 0 Å². The Hall–Kier alpha value is -3.01. The van der Waals surface area contributed by atoms with Crippen LogP contribution in [0, 0.1) is 18.4 Å². The van der Waals surface area contributed by atoms with E-state index in [-0.39, 0.29) is 6.79 Å². The molecule has 0 saturated heterocycles. The molecule has 1 aromatic heterocycles. The zero-order chi connectivity index (χ0) is 13.9. The maximum Gasteiger partial charge on any atom is 0.231 e. The summed E-state index contributed by atoms with van der Waals surface area (Å²) in [6.07, 6.45) is 3.20. The van der Waals surface area contributed by atoms with Gasteiger partial charge in [0.2, 0.25) is 6.79 Å². The van der Waals surface area contributed by atoms with Crippen molar-refractivity contribution in [2.45, 2.75) is 6.92 Å². The van der Waals surface area contributed by atoms with Gasteiger partial charge in [-0.05, 0) is 18.6 Å². The molecule has 20 heavy (non-hydrogen) atoms. The normalized spacial score (nSPS) is 11.8. The van der Waals surface area contributed by atoms with Crippen molar-refractivity contribution < 1.29 is 9.47 Å². The molecule has 0 fully saturated rings. The van der Waals surface area contributed by atoms with Crippen molar-refractivity contribution in [3.8, 4) is 17.7 Å². The van der Waals surface area contributed by atoms with Crippen LogP contribution in [0.15, 0.2) is 24.5 Å². The van der Waals surface area contributed by atoms with E-state index in [1.807, 2.05) is 25.2 Å². The fraction of sp³-hybridized carbons (Fsp3) is 0.154. The highest BCUT2D eigenvalue weighted by atomic mass is 16.7. The molecule has 0 amide bonds. The van der Waals surface area contributed by atoms with E-state index in [1.54, 1.807) is 6.07 Å². The van der Waals surface area contributed by atoms with Crippen molar-refractivity contribution in [3.63, 3.8) is 0 Å². The number of ether oxygens (including phenoxy) is 2. The lowest BCUT2D eigenvalue weighted by molar-refractivity contribution is 0.174. The van der Waals surface area contributed by atoms with Gasteiger partial charge in [-0.1, -0.05) is 0 Å². The summed E-state index contributed by atoms with van der Waals surface area (Å²) < 4.78 is 10.7. The molecule has 2 heterocycles. The number of nitriles is 1. The summed E-state index contributed by atoms with van der Waals surface area (Å²) >= 11 is 0. The SMILES string of the molecule is Cc1cc2c(cc1Nc1cc(NC#N)ncn1)OCO2. The molecule has 0 radical (unpaired) electrons. The zero-order valence-corrected chi connectivity index (χ0v) is 10.7. The highest BCUT2D eigenvalue weighted by Crippen LogP contribution is 2.37. The summed E-state index contributed by atoms with van der Waals surface area (Å²) in [6, 6.07) is 5.41. The standard InChI is InChI=1S/C13H11N5O2/c1-8-2-10-11(20-7-19-10)3-9(8)18-13-4-12(15-5-14)16-6-17-13/h2-4,6H,7H2,1H3,(H2,15,16,17,18). The summed E-state index contributed by atoms with van der Waals surface area (Å²) in [5.74, 6) is 2.45. The Labute approximate surface area is 115 Å². The van der Waals surface area contributed by atoms with E-state index in [4.69, 9.17) is 14.7 Å². The molecular weight excluding hydrogens is 258 g/mol. The van der Waals surface area contributed by atoms with E-state index in [9.17, 15) is 0 Å². The summed E-state index contributed by atoms with van der Waals surface area (Å²) in [6.45, 7) is 2.20. The number of hydrogen-bond donors (Lipinski definition) is 2. The minimum atomic E-state index is 0.238. The van der Waals surface area contributed by atoms with Gasteiger partial charge in [0.1, 0.15) is 18.0 Å². The van der Waals surface area contributed by atoms with Gasteiger partial charge < -0.3 is 14.8 Å². The van der Waals surface area contributed by atoms with Crippen LogP contribution in [0.3, 0.4) is 0 Å². The quantitative estimate of drug-likeness (QED) is 0.651. The maximum absolute atomic E-state index is 8.58. The number of benzene rings is 1. The molecule has 0 saturated carbocycles. The van der Waals surface area contributed by atoms with E-state index in [0.717, 1.165) is 17.0 Å². The van der Waals surface area contributed by atoms with Crippen LogP contribution in [-0.2, 0) is 0 Å². The van der Waals surface area contributed by atoms with Crippen LogP contribution in [0.25, 0.3) is 0 Å². The summed E-state index contributed by atoms with van der Waals surface area (Å²) in [5.41, 5.74) is 1.86. The Morgan fingerprint density at radius 3 is 2.70 bits per heavy atom. The number of nitrogens with zero attached hydrogens (tertiary/aromatic N) is 3. The molecule has 0 bridgehead atoms. The Morgan fingerprint density at radius 1 is 1.15 bits per heavy atom. The molecule has 100 valence electrons. The average molecular weight is 269 g/mol. The fourth-order valence-corrected chi connectivity index (χ4v) is 1.87. The Bertz CT molecular complexity index is 696. The second-order valence-corrected chi connectivity index (χ2v) is 4.17. The molecule has 0 atom stereocenters. The van der Waals surface area contributed by atoms with Gasteiger partial charge in [0.15, 0.2) is 17.7 Å². The lowest BCUT2D eigenvalue weighted by atomic mass is 10.1. The van der Waals surface area contributed by atoms with Crippen LogP contribution >= 0.6 is 0 Å². The maximum atomic E-state index is 8.58. The smallest absolute Gasteiger partial charge is 0.231 e. The van der Waals surface area contributed by atoms with Crippen LogP contribution < -0.4 is 20.1 Å². The van der Waals surface area contributed by atoms with Gasteiger partial charge in [0.25, 0.3) is 0 Å². The minimum absolute atomic E-state index is 0.238. The molecular formula is C13H11N5O2. The van der Waals surface area contributed by atoms with Crippen LogP contribution in [-0.4, -0.2) is 16.8 Å². The number of fused-ring (bicyclic) bond motifs is 1. The Morgan fingerprint density at radius 2 is 1.90 bits per heavy atom. The van der Waals surface area contributed by atoms with Crippen LogP contribution in [0.1, 0.15) is 5.56 Å². The fourth-order valence-electron chi connectivity index (χ4n) is 1.87. The minimum Gasteiger partial charge on any atom is -0.454 e. The zero-order valence-electron chi connectivity index (χ0n) is 10.7. The third-order valence-corrected chi connectivity index (χ3v) is 2.83. The number of hydrogen-bond acceptors (Lipinski definition) is 7. The summed E-state index contributed by atoms with van der Waals surface area (Å²) in [7, 11) is 0. The third kappa shape index (κ3) is 2.27. The van der Waals surface area contributed by atoms with E-state index < -0.39 is 0 Å². The molecule has 7 nitrogen and oxygen atoms in total. The molecule has 1 aliphatic heterocycles. The lowest BCUT2D eigenvalue weighted by Crippen LogP contribution is -1.99. The first-order valence-corrected chi connectivity index (χ1v) is 5.90. The highest BCUT2D eigenvalue weighted by Gasteiger charge is 2.15. The lowest BCUT2D eigenvalue weighted by Gasteiger charge is -2.10. The van der Waals surface area contributed by atoms with Gasteiger partial charge in [-0.25, -0.2) is 9.97 Å². The topological polar surface area (TPSA) is 92.1 Å². The average Bonchev–Trinajstić information content (AvgIpc) is 2.87. The van der Waals surface area contributed by atoms with Gasteiger partial charge >= 0.3 is 0 Å². The predicted octanol–water partition coefficient (Wildman–Crippen LogP) is 2.15. The molecule has 0 aliphatic carbocycles. The van der Waals surface area contributed by atoms with E-state index >= 15 is 0 Å². The van der Waals surface area contributed by atoms with Gasteiger partial charge in [-0.15, -0.1) is 0 Å². The molecule has 1 aliphatic rings. The van der Waals surface area contributed by atoms with Gasteiger partial charge in [-0.3, -0.25) is 5.32 Å². The first-order valence-electron chi connectivity index (χ1n) is 5.90. The monoisotopic (exact) mass is 269 g/mol. The molecule has 2 aromatic rings. The van der Waals surface area contributed by atoms with Crippen LogP contribution in [0.5, 0.6) is 11.5 Å². The number of nitrogens with one attached hydrogen (secondary N) is 2. The van der Waals surface area contributed by atoms with Gasteiger partial charge in [-0.2, -0.15) is 5.26 Å². The highest BCUT2D eigenvalue weighted by molar-refractivity contribution is 5.67. The number of aromatic nitrogens is 2. The molecule has 1 aromatic carbocycles. The van der Waals surface area contributed by atoms with Crippen molar-refractivity contribution in [1.82, 2.24) is 9.97 Å². The largest absolute Gasteiger partial charge is 0.454 e. The van der Waals surface area contributed by atoms with Crippen LogP contribution in [0.2, 0.25) is 0 Å². The third-order valence-electron chi connectivity index (χ3n) is 2.83. The predicted molar refractivity (Wildman–Crippen MR) is 71.9 cm³/mol. The first-order chi connectivity index (χ1) is 9.76. The summed E-state index contributed by atoms with van der Waals surface area (Å²) in [4.78, 5) is 8.03. The van der Waals surface area contributed by atoms with Crippen molar-refractivity contribution in [2.24, 2.45) is 0 Å². The van der Waals surface area contributed by atoms with Crippen LogP contribution in [0.4, 0.5) is 17.3 Å². The summed E-state index contributed by atoms with van der Waals surface area (Å²) in [5, 5.41) is 14.2. The van der Waals surface area contributed by atoms with E-state index in [1.165, 1.54) is 6.33 Å². The first kappa shape index (κ1) is 12.0. The second-order valence-electron chi connectivity index (χ2n) is 4.17. The Balaban J connectivity index is 1.88. The van der Waals surface area contributed by atoms with Crippen molar-refractivity contribution in [1.29, 1.82) is 5.26 Å². The molecule has 2 N–H and O–H groups in total. The van der Waals surface area contributed by atoms with Crippen molar-refractivity contribution >= 4 is 17.3 Å². The Kier molecular flexibility index (Phi) is 2.97. The second kappa shape index (κ2) is 4.93. The molecule has 0 spiro atoms. The molecule has 7 heteroatoms.